The van der Waals surface area contributed by atoms with Crippen LogP contribution in [0.3, 0.4) is 0 Å². The van der Waals surface area contributed by atoms with Gasteiger partial charge in [0.2, 0.25) is 5.91 Å². The predicted molar refractivity (Wildman–Crippen MR) is 86.0 cm³/mol. The number of hydrogen-bond donors (Lipinski definition) is 1. The maximum absolute atomic E-state index is 11.9. The quantitative estimate of drug-likeness (QED) is 0.869. The van der Waals surface area contributed by atoms with E-state index in [-0.39, 0.29) is 11.9 Å². The van der Waals surface area contributed by atoms with Gasteiger partial charge in [0.05, 0.1) is 6.04 Å². The van der Waals surface area contributed by atoms with E-state index in [1.165, 1.54) is 6.08 Å². The minimum absolute atomic E-state index is 0.0857. The molecule has 2 aromatic rings. The summed E-state index contributed by atoms with van der Waals surface area (Å²) < 4.78 is 0. The summed E-state index contributed by atoms with van der Waals surface area (Å²) in [6.45, 7) is 3.86. The van der Waals surface area contributed by atoms with Gasteiger partial charge in [-0.2, -0.15) is 0 Å². The minimum Gasteiger partial charge on any atom is -0.346 e. The Kier molecular flexibility index (Phi) is 5.12. The van der Waals surface area contributed by atoms with Crippen molar-refractivity contribution >= 4 is 23.6 Å². The van der Waals surface area contributed by atoms with Crippen LogP contribution in [0, 0.1) is 6.92 Å². The number of halogens is 1. The van der Waals surface area contributed by atoms with E-state index in [0.717, 1.165) is 16.7 Å². The summed E-state index contributed by atoms with van der Waals surface area (Å²) in [7, 11) is 0. The van der Waals surface area contributed by atoms with Crippen molar-refractivity contribution in [2.45, 2.75) is 19.9 Å². The molecular formula is C17H17ClN2O. The van der Waals surface area contributed by atoms with Crippen LogP contribution in [0.2, 0.25) is 5.02 Å². The molecule has 0 aliphatic heterocycles. The van der Waals surface area contributed by atoms with Crippen LogP contribution in [-0.4, -0.2) is 10.9 Å². The first-order valence-electron chi connectivity index (χ1n) is 6.71. The molecular weight excluding hydrogens is 284 g/mol. The Morgan fingerprint density at radius 2 is 2.19 bits per heavy atom. The van der Waals surface area contributed by atoms with Crippen LogP contribution in [0.1, 0.15) is 29.7 Å². The molecule has 2 rings (SSSR count). The summed E-state index contributed by atoms with van der Waals surface area (Å²) in [4.78, 5) is 15.9. The average molecular weight is 301 g/mol. The second-order valence-electron chi connectivity index (χ2n) is 4.86. The monoisotopic (exact) mass is 300 g/mol. The van der Waals surface area contributed by atoms with Crippen molar-refractivity contribution in [3.63, 3.8) is 0 Å². The number of aromatic nitrogens is 1. The van der Waals surface area contributed by atoms with Crippen LogP contribution in [0.15, 0.2) is 48.8 Å². The number of pyridine rings is 1. The third-order valence-electron chi connectivity index (χ3n) is 3.17. The Morgan fingerprint density at radius 3 is 2.86 bits per heavy atom. The lowest BCUT2D eigenvalue weighted by molar-refractivity contribution is -0.117. The maximum atomic E-state index is 11.9. The van der Waals surface area contributed by atoms with Crippen LogP contribution in [0.5, 0.6) is 0 Å². The molecule has 1 aromatic carbocycles. The van der Waals surface area contributed by atoms with E-state index in [2.05, 4.69) is 10.3 Å². The van der Waals surface area contributed by atoms with Crippen molar-refractivity contribution in [3.05, 3.63) is 70.5 Å². The van der Waals surface area contributed by atoms with Crippen molar-refractivity contribution < 1.29 is 4.79 Å². The third-order valence-corrected chi connectivity index (χ3v) is 3.57. The van der Waals surface area contributed by atoms with Crippen LogP contribution in [0.25, 0.3) is 6.08 Å². The zero-order chi connectivity index (χ0) is 15.2. The van der Waals surface area contributed by atoms with E-state index >= 15 is 0 Å². The molecule has 0 aliphatic rings. The van der Waals surface area contributed by atoms with Gasteiger partial charge in [0.1, 0.15) is 0 Å². The number of amides is 1. The number of benzene rings is 1. The molecule has 1 aromatic heterocycles. The molecule has 0 saturated heterocycles. The average Bonchev–Trinajstić information content (AvgIpc) is 2.49. The largest absolute Gasteiger partial charge is 0.346 e. The molecule has 1 atom stereocenters. The van der Waals surface area contributed by atoms with Gasteiger partial charge in [-0.25, -0.2) is 0 Å². The second kappa shape index (κ2) is 7.04. The summed E-state index contributed by atoms with van der Waals surface area (Å²) in [6.07, 6.45) is 6.71. The summed E-state index contributed by atoms with van der Waals surface area (Å²) in [5, 5.41) is 3.59. The first kappa shape index (κ1) is 15.3. The van der Waals surface area contributed by atoms with Gasteiger partial charge in [0, 0.05) is 23.5 Å². The molecule has 0 aliphatic carbocycles. The molecule has 1 amide bonds. The smallest absolute Gasteiger partial charge is 0.244 e. The fourth-order valence-electron chi connectivity index (χ4n) is 1.86. The number of nitrogens with zero attached hydrogens (tertiary/aromatic N) is 1. The van der Waals surface area contributed by atoms with Gasteiger partial charge < -0.3 is 5.32 Å². The molecule has 1 N–H and O–H groups in total. The van der Waals surface area contributed by atoms with E-state index < -0.39 is 0 Å². The molecule has 21 heavy (non-hydrogen) atoms. The highest BCUT2D eigenvalue weighted by Gasteiger charge is 2.06. The minimum atomic E-state index is -0.150. The molecule has 3 nitrogen and oxygen atoms in total. The summed E-state index contributed by atoms with van der Waals surface area (Å²) >= 11 is 6.05. The highest BCUT2D eigenvalue weighted by Crippen LogP contribution is 2.17. The molecule has 0 saturated carbocycles. The van der Waals surface area contributed by atoms with Gasteiger partial charge in [0.25, 0.3) is 0 Å². The summed E-state index contributed by atoms with van der Waals surface area (Å²) in [5.41, 5.74) is 2.89. The maximum Gasteiger partial charge on any atom is 0.244 e. The fourth-order valence-corrected chi connectivity index (χ4v) is 2.05. The van der Waals surface area contributed by atoms with Crippen molar-refractivity contribution in [2.75, 3.05) is 0 Å². The predicted octanol–water partition coefficient (Wildman–Crippen LogP) is 3.93. The number of carbonyl (C=O) groups is 1. The van der Waals surface area contributed by atoms with Crippen LogP contribution >= 0.6 is 11.6 Å². The van der Waals surface area contributed by atoms with E-state index in [0.29, 0.717) is 5.02 Å². The topological polar surface area (TPSA) is 42.0 Å². The van der Waals surface area contributed by atoms with E-state index in [4.69, 9.17) is 11.6 Å². The zero-order valence-electron chi connectivity index (χ0n) is 12.0. The first-order valence-corrected chi connectivity index (χ1v) is 7.08. The first-order chi connectivity index (χ1) is 10.1. The molecule has 1 heterocycles. The van der Waals surface area contributed by atoms with E-state index in [1.807, 2.05) is 44.2 Å². The third kappa shape index (κ3) is 4.43. The molecule has 0 fully saturated rings. The molecule has 1 unspecified atom stereocenters. The zero-order valence-corrected chi connectivity index (χ0v) is 12.8. The Balaban J connectivity index is 1.98. The second-order valence-corrected chi connectivity index (χ2v) is 5.27. The van der Waals surface area contributed by atoms with Gasteiger partial charge in [-0.05, 0) is 48.7 Å². The van der Waals surface area contributed by atoms with Gasteiger partial charge in [0.15, 0.2) is 0 Å². The van der Waals surface area contributed by atoms with Gasteiger partial charge in [-0.15, -0.1) is 0 Å². The molecule has 108 valence electrons. The molecule has 4 heteroatoms. The standard InChI is InChI=1S/C17H17ClN2O/c1-12-5-6-14(10-16(12)18)7-8-17(21)20-13(2)15-4-3-9-19-11-15/h3-11,13H,1-2H3,(H,20,21)/b8-7+. The lowest BCUT2D eigenvalue weighted by Crippen LogP contribution is -2.24. The summed E-state index contributed by atoms with van der Waals surface area (Å²) in [5.74, 6) is -0.150. The molecule has 0 spiro atoms. The van der Waals surface area contributed by atoms with E-state index in [1.54, 1.807) is 18.5 Å². The highest BCUT2D eigenvalue weighted by molar-refractivity contribution is 6.31. The van der Waals surface area contributed by atoms with E-state index in [9.17, 15) is 4.79 Å². The summed E-state index contributed by atoms with van der Waals surface area (Å²) in [6, 6.07) is 9.39. The lowest BCUT2D eigenvalue weighted by Gasteiger charge is -2.12. The van der Waals surface area contributed by atoms with Crippen molar-refractivity contribution in [3.8, 4) is 0 Å². The Bertz CT molecular complexity index is 653. The SMILES string of the molecule is Cc1ccc(/C=C/C(=O)NC(C)c2cccnc2)cc1Cl. The number of nitrogens with one attached hydrogen (secondary N) is 1. The van der Waals surface area contributed by atoms with Gasteiger partial charge >= 0.3 is 0 Å². The van der Waals surface area contributed by atoms with Crippen molar-refractivity contribution in [1.82, 2.24) is 10.3 Å². The van der Waals surface area contributed by atoms with Crippen LogP contribution < -0.4 is 5.32 Å². The normalized spacial score (nSPS) is 12.3. The Morgan fingerprint density at radius 1 is 1.38 bits per heavy atom. The number of carbonyl (C=O) groups excluding carboxylic acids is 1. The number of rotatable bonds is 4. The van der Waals surface area contributed by atoms with Gasteiger partial charge in [-0.1, -0.05) is 29.8 Å². The Labute approximate surface area is 129 Å². The number of hydrogen-bond acceptors (Lipinski definition) is 2. The molecule has 0 radical (unpaired) electrons. The van der Waals surface area contributed by atoms with Gasteiger partial charge in [-0.3, -0.25) is 9.78 Å². The van der Waals surface area contributed by atoms with Crippen LogP contribution in [0.4, 0.5) is 0 Å². The van der Waals surface area contributed by atoms with Crippen molar-refractivity contribution in [2.24, 2.45) is 0 Å². The van der Waals surface area contributed by atoms with Crippen LogP contribution in [-0.2, 0) is 4.79 Å². The lowest BCUT2D eigenvalue weighted by atomic mass is 10.1. The number of aryl methyl sites for hydroxylation is 1. The Hall–Kier alpha value is -2.13. The fraction of sp³-hybridized carbons (Fsp3) is 0.176. The highest BCUT2D eigenvalue weighted by atomic mass is 35.5. The molecule has 0 bridgehead atoms. The van der Waals surface area contributed by atoms with Crippen molar-refractivity contribution in [1.29, 1.82) is 0 Å².